The van der Waals surface area contributed by atoms with Gasteiger partial charge in [0.25, 0.3) is 0 Å². The second kappa shape index (κ2) is 7.90. The van der Waals surface area contributed by atoms with Crippen LogP contribution in [-0.4, -0.2) is 22.3 Å². The summed E-state index contributed by atoms with van der Waals surface area (Å²) in [5.41, 5.74) is -3.92. The van der Waals surface area contributed by atoms with Gasteiger partial charge < -0.3 is 4.42 Å². The summed E-state index contributed by atoms with van der Waals surface area (Å²) in [4.78, 5) is 41.0. The Balaban J connectivity index is 1.98. The molecule has 0 radical (unpaired) electrons. The summed E-state index contributed by atoms with van der Waals surface area (Å²) >= 11 is 13.7. The maximum atomic E-state index is 13.7. The monoisotopic (exact) mass is 522 g/mol. The van der Waals surface area contributed by atoms with Crippen LogP contribution in [-0.2, 0) is 9.59 Å². The Labute approximate surface area is 214 Å². The quantitative estimate of drug-likeness (QED) is 0.434. The standard InChI is InChI=1S/C26H16Cl2N2O4S/c1-12(2)13-5-3-6-15-14(9-13)17(24(33)34-15)19-18(16-7-4-8-35-16)25(10-29)22(31)20(27)21(28)23(32)26(19,25)11-30/h3-9,12,20-21H,1-2H3. The van der Waals surface area contributed by atoms with Crippen LogP contribution >= 0.6 is 34.5 Å². The van der Waals surface area contributed by atoms with E-state index in [1.165, 1.54) is 11.3 Å². The minimum Gasteiger partial charge on any atom is -0.422 e. The minimum atomic E-state index is -2.31. The summed E-state index contributed by atoms with van der Waals surface area (Å²) in [6.07, 6.45) is 0. The van der Waals surface area contributed by atoms with E-state index >= 15 is 0 Å². The first-order valence-corrected chi connectivity index (χ1v) is 12.5. The first-order chi connectivity index (χ1) is 16.7. The van der Waals surface area contributed by atoms with E-state index < -0.39 is 38.8 Å². The fraction of sp³-hybridized carbons (Fsp3) is 0.269. The number of allylic oxidation sites excluding steroid dienone is 2. The Morgan fingerprint density at radius 2 is 1.60 bits per heavy atom. The second-order valence-corrected chi connectivity index (χ2v) is 10.7. The van der Waals surface area contributed by atoms with Gasteiger partial charge in [0.1, 0.15) is 16.5 Å². The largest absolute Gasteiger partial charge is 0.422 e. The lowest BCUT2D eigenvalue weighted by Gasteiger charge is -2.55. The maximum absolute atomic E-state index is 13.7. The molecule has 5 rings (SSSR count). The number of alkyl halides is 2. The molecule has 1 aromatic heterocycles. The molecule has 35 heavy (non-hydrogen) atoms. The fourth-order valence-electron chi connectivity index (χ4n) is 5.18. The van der Waals surface area contributed by atoms with Crippen LogP contribution in [0.2, 0.25) is 0 Å². The van der Waals surface area contributed by atoms with Gasteiger partial charge in [-0.05, 0) is 35.1 Å². The topological polar surface area (TPSA) is 112 Å². The molecular weight excluding hydrogens is 507 g/mol. The van der Waals surface area contributed by atoms with Gasteiger partial charge in [-0.2, -0.15) is 10.5 Å². The summed E-state index contributed by atoms with van der Waals surface area (Å²) in [6, 6.07) is 14.3. The molecule has 4 aliphatic rings. The molecule has 1 aliphatic heterocycles. The Morgan fingerprint density at radius 3 is 2.14 bits per heavy atom. The predicted octanol–water partition coefficient (Wildman–Crippen LogP) is 5.24. The molecule has 2 heterocycles. The van der Waals surface area contributed by atoms with Gasteiger partial charge in [-0.3, -0.25) is 9.59 Å². The third-order valence-electron chi connectivity index (χ3n) is 6.87. The van der Waals surface area contributed by atoms with Crippen molar-refractivity contribution in [2.24, 2.45) is 10.8 Å². The lowest BCUT2D eigenvalue weighted by Crippen LogP contribution is -2.68. The minimum absolute atomic E-state index is 0.0128. The number of hydrogen-bond donors (Lipinski definition) is 0. The van der Waals surface area contributed by atoms with Crippen molar-refractivity contribution in [1.29, 1.82) is 10.5 Å². The van der Waals surface area contributed by atoms with Crippen LogP contribution < -0.4 is 5.63 Å². The van der Waals surface area contributed by atoms with Crippen molar-refractivity contribution < 1.29 is 14.0 Å². The second-order valence-electron chi connectivity index (χ2n) is 8.85. The van der Waals surface area contributed by atoms with E-state index in [1.807, 2.05) is 32.1 Å². The lowest BCUT2D eigenvalue weighted by molar-refractivity contribution is -0.140. The zero-order valence-corrected chi connectivity index (χ0v) is 20.8. The highest BCUT2D eigenvalue weighted by Gasteiger charge is 2.79. The van der Waals surface area contributed by atoms with Gasteiger partial charge in [-0.1, -0.05) is 32.0 Å². The number of ketones is 2. The number of Topliss-reactive ketones (excluding diaryl/α,β-unsaturated/α-hetero) is 2. The van der Waals surface area contributed by atoms with Crippen molar-refractivity contribution in [3.8, 4) is 23.5 Å². The number of carbonyl (C=O) groups excluding carboxylic acids is 2. The van der Waals surface area contributed by atoms with E-state index in [0.717, 1.165) is 5.56 Å². The molecule has 0 bridgehead atoms. The number of carbonyl (C=O) groups is 2. The number of furan rings is 1. The molecule has 0 spiro atoms. The van der Waals surface area contributed by atoms with E-state index in [9.17, 15) is 24.9 Å². The number of nitriles is 2. The van der Waals surface area contributed by atoms with Crippen LogP contribution in [0.3, 0.4) is 0 Å². The Bertz CT molecular complexity index is 1560. The van der Waals surface area contributed by atoms with Crippen LogP contribution in [0.4, 0.5) is 0 Å². The van der Waals surface area contributed by atoms with Crippen molar-refractivity contribution in [2.45, 2.75) is 30.5 Å². The first kappa shape index (κ1) is 23.5. The molecule has 9 heteroatoms. The van der Waals surface area contributed by atoms with Crippen molar-refractivity contribution in [3.63, 3.8) is 0 Å². The third-order valence-corrected chi connectivity index (χ3v) is 8.78. The Hall–Kier alpha value is -3.23. The van der Waals surface area contributed by atoms with Crippen molar-refractivity contribution in [2.75, 3.05) is 0 Å². The lowest BCUT2D eigenvalue weighted by atomic mass is 9.40. The van der Waals surface area contributed by atoms with Crippen molar-refractivity contribution >= 4 is 57.3 Å². The molecule has 1 fully saturated rings. The summed E-state index contributed by atoms with van der Waals surface area (Å²) in [5.74, 6) is -1.36. The average molecular weight is 523 g/mol. The van der Waals surface area contributed by atoms with Crippen molar-refractivity contribution in [3.05, 3.63) is 68.2 Å². The van der Waals surface area contributed by atoms with E-state index in [1.54, 1.807) is 35.7 Å². The van der Waals surface area contributed by atoms with Gasteiger partial charge >= 0.3 is 5.63 Å². The van der Waals surface area contributed by atoms with Crippen molar-refractivity contribution in [1.82, 2.24) is 0 Å². The van der Waals surface area contributed by atoms with Crippen LogP contribution in [0.15, 0.2) is 51.0 Å². The molecule has 4 unspecified atom stereocenters. The smallest absolute Gasteiger partial charge is 0.344 e. The maximum Gasteiger partial charge on any atom is 0.344 e. The Morgan fingerprint density at radius 1 is 0.971 bits per heavy atom. The third kappa shape index (κ3) is 2.72. The first-order valence-electron chi connectivity index (χ1n) is 10.7. The summed E-state index contributed by atoms with van der Waals surface area (Å²) in [5, 5.41) is 19.5. The zero-order valence-electron chi connectivity index (χ0n) is 18.5. The Kier molecular flexibility index (Phi) is 5.30. The number of nitrogens with zero attached hydrogens (tertiary/aromatic N) is 2. The fourth-order valence-corrected chi connectivity index (χ4v) is 6.57. The molecule has 0 saturated heterocycles. The molecule has 0 amide bonds. The van der Waals surface area contributed by atoms with Gasteiger partial charge in [0.05, 0.1) is 17.7 Å². The molecule has 1 aromatic rings. The van der Waals surface area contributed by atoms with E-state index in [4.69, 9.17) is 27.6 Å². The van der Waals surface area contributed by atoms with Crippen LogP contribution in [0.5, 0.6) is 0 Å². The highest BCUT2D eigenvalue weighted by atomic mass is 35.5. The number of fused-ring (bicyclic) bond motifs is 2. The van der Waals surface area contributed by atoms with E-state index in [2.05, 4.69) is 0 Å². The zero-order chi connectivity index (χ0) is 25.3. The van der Waals surface area contributed by atoms with Gasteiger partial charge in [0.15, 0.2) is 22.4 Å². The highest BCUT2D eigenvalue weighted by molar-refractivity contribution is 7.11. The molecule has 174 valence electrons. The number of halogens is 2. The molecule has 3 aliphatic carbocycles. The normalized spacial score (nSPS) is 28.0. The summed E-state index contributed by atoms with van der Waals surface area (Å²) in [7, 11) is 0. The SMILES string of the molecule is CC(C)c1cccc2oc(=O)c(C3=C(c4cccs4)C4(C#N)C(=O)C(Cl)C(Cl)C(=O)C34C#N)c-2c1. The van der Waals surface area contributed by atoms with Gasteiger partial charge in [0, 0.05) is 21.6 Å². The molecule has 0 N–H and O–H groups in total. The molecule has 6 nitrogen and oxygen atoms in total. The highest BCUT2D eigenvalue weighted by Crippen LogP contribution is 2.71. The summed E-state index contributed by atoms with van der Waals surface area (Å²) in [6.45, 7) is 3.97. The van der Waals surface area contributed by atoms with Crippen LogP contribution in [0.25, 0.3) is 22.5 Å². The molecule has 1 saturated carbocycles. The van der Waals surface area contributed by atoms with Gasteiger partial charge in [-0.15, -0.1) is 34.5 Å². The number of thiophene rings is 1. The average Bonchev–Trinajstić information content (AvgIpc) is 3.39. The van der Waals surface area contributed by atoms with Crippen LogP contribution in [0.1, 0.15) is 35.8 Å². The van der Waals surface area contributed by atoms with E-state index in [-0.39, 0.29) is 28.4 Å². The molecule has 0 aromatic carbocycles. The van der Waals surface area contributed by atoms with Gasteiger partial charge in [-0.25, -0.2) is 4.79 Å². The predicted molar refractivity (Wildman–Crippen MR) is 132 cm³/mol. The summed E-state index contributed by atoms with van der Waals surface area (Å²) < 4.78 is 5.53. The molecule has 4 atom stereocenters. The van der Waals surface area contributed by atoms with Gasteiger partial charge in [0.2, 0.25) is 0 Å². The number of rotatable bonds is 3. The number of hydrogen-bond acceptors (Lipinski definition) is 7. The molecular formula is C26H16Cl2N2O4S. The van der Waals surface area contributed by atoms with Crippen LogP contribution in [0, 0.1) is 33.5 Å². The van der Waals surface area contributed by atoms with E-state index in [0.29, 0.717) is 10.4 Å².